The summed E-state index contributed by atoms with van der Waals surface area (Å²) in [5.41, 5.74) is 0.363. The number of anilines is 2. The molecule has 0 unspecified atom stereocenters. The Balaban J connectivity index is 1.51. The summed E-state index contributed by atoms with van der Waals surface area (Å²) in [6, 6.07) is 6.18. The molecule has 8 nitrogen and oxygen atoms in total. The van der Waals surface area contributed by atoms with Crippen LogP contribution in [0, 0.1) is 12.8 Å². The van der Waals surface area contributed by atoms with Crippen LogP contribution < -0.4 is 5.32 Å². The Morgan fingerprint density at radius 2 is 2.00 bits per heavy atom. The highest BCUT2D eigenvalue weighted by Gasteiger charge is 2.39. The van der Waals surface area contributed by atoms with Crippen molar-refractivity contribution in [3.8, 4) is 5.69 Å². The smallest absolute Gasteiger partial charge is 0.433 e. The van der Waals surface area contributed by atoms with Crippen molar-refractivity contribution in [2.24, 2.45) is 5.92 Å². The van der Waals surface area contributed by atoms with E-state index < -0.39 is 17.5 Å². The second-order valence-electron chi connectivity index (χ2n) is 8.67. The molecule has 2 aromatic heterocycles. The van der Waals surface area contributed by atoms with Crippen LogP contribution in [-0.4, -0.2) is 37.2 Å². The average molecular weight is 489 g/mol. The van der Waals surface area contributed by atoms with Crippen molar-refractivity contribution in [3.05, 3.63) is 59.9 Å². The lowest BCUT2D eigenvalue weighted by Gasteiger charge is -2.33. The molecule has 3 aromatic rings. The van der Waals surface area contributed by atoms with Crippen molar-refractivity contribution in [2.45, 2.75) is 51.3 Å². The molecule has 0 spiro atoms. The minimum atomic E-state index is -4.57. The molecule has 0 aliphatic heterocycles. The zero-order valence-corrected chi connectivity index (χ0v) is 19.3. The molecule has 1 aliphatic carbocycles. The van der Waals surface area contributed by atoms with Gasteiger partial charge in [0.15, 0.2) is 0 Å². The van der Waals surface area contributed by atoms with Crippen molar-refractivity contribution in [2.75, 3.05) is 11.9 Å². The summed E-state index contributed by atoms with van der Waals surface area (Å²) in [5, 5.41) is 14.0. The first-order valence-electron chi connectivity index (χ1n) is 11.3. The maximum Gasteiger partial charge on any atom is 0.433 e. The largest absolute Gasteiger partial charge is 0.466 e. The molecule has 0 atom stereocenters. The number of carbonyl (C=O) groups is 1. The monoisotopic (exact) mass is 489 g/mol. The van der Waals surface area contributed by atoms with Gasteiger partial charge in [0.2, 0.25) is 5.95 Å². The lowest BCUT2D eigenvalue weighted by atomic mass is 9.77. The van der Waals surface area contributed by atoms with Gasteiger partial charge in [0.25, 0.3) is 0 Å². The fourth-order valence-electron chi connectivity index (χ4n) is 4.24. The summed E-state index contributed by atoms with van der Waals surface area (Å²) in [5.74, 6) is -0.624. The van der Waals surface area contributed by atoms with Crippen LogP contribution in [0.5, 0.6) is 0 Å². The molecule has 11 heteroatoms. The van der Waals surface area contributed by atoms with Crippen LogP contribution in [-0.2, 0) is 21.3 Å². The minimum Gasteiger partial charge on any atom is -0.466 e. The number of halogens is 3. The zero-order valence-electron chi connectivity index (χ0n) is 19.3. The van der Waals surface area contributed by atoms with Crippen molar-refractivity contribution in [1.29, 1.82) is 0 Å². The highest BCUT2D eigenvalue weighted by Crippen LogP contribution is 2.39. The van der Waals surface area contributed by atoms with Crippen molar-refractivity contribution in [3.63, 3.8) is 0 Å². The highest BCUT2D eigenvalue weighted by atomic mass is 19.4. The van der Waals surface area contributed by atoms with Gasteiger partial charge in [-0.15, -0.1) is 0 Å². The molecule has 186 valence electrons. The van der Waals surface area contributed by atoms with E-state index in [0.29, 0.717) is 49.4 Å². The fourth-order valence-corrected chi connectivity index (χ4v) is 4.24. The number of hydrogen-bond acceptors (Lipinski definition) is 7. The molecular formula is C24H26F3N5O3. The third-order valence-electron chi connectivity index (χ3n) is 6.05. The lowest BCUT2D eigenvalue weighted by Crippen LogP contribution is -2.34. The quantitative estimate of drug-likeness (QED) is 0.485. The number of benzene rings is 1. The average Bonchev–Trinajstić information content (AvgIpc) is 3.30. The number of esters is 1. The second-order valence-corrected chi connectivity index (χ2v) is 8.67. The van der Waals surface area contributed by atoms with Crippen LogP contribution in [0.25, 0.3) is 5.69 Å². The molecule has 2 heterocycles. The molecule has 0 amide bonds. The van der Waals surface area contributed by atoms with Crippen molar-refractivity contribution < 1.29 is 27.8 Å². The van der Waals surface area contributed by atoms with E-state index in [0.717, 1.165) is 17.8 Å². The SMILES string of the molecule is CCOC(=O)[C@H]1CC[C@@](O)(c2cn(-c3cc(C)cc(Nc4nccc(C(F)(F)F)n4)c3)cn2)CC1. The molecule has 1 aromatic carbocycles. The third kappa shape index (κ3) is 5.61. The van der Waals surface area contributed by atoms with E-state index >= 15 is 0 Å². The number of imidazole rings is 1. The second kappa shape index (κ2) is 9.65. The topological polar surface area (TPSA) is 102 Å². The normalized spacial score (nSPS) is 20.5. The lowest BCUT2D eigenvalue weighted by molar-refractivity contribution is -0.151. The van der Waals surface area contributed by atoms with E-state index in [1.165, 1.54) is 0 Å². The van der Waals surface area contributed by atoms with Crippen LogP contribution in [0.3, 0.4) is 0 Å². The Morgan fingerprint density at radius 3 is 2.69 bits per heavy atom. The molecule has 4 rings (SSSR count). The maximum absolute atomic E-state index is 13.0. The van der Waals surface area contributed by atoms with E-state index in [1.54, 1.807) is 36.1 Å². The van der Waals surface area contributed by atoms with Crippen LogP contribution >= 0.6 is 0 Å². The van der Waals surface area contributed by atoms with Crippen LogP contribution in [0.4, 0.5) is 24.8 Å². The predicted molar refractivity (Wildman–Crippen MR) is 121 cm³/mol. The van der Waals surface area contributed by atoms with Crippen molar-refractivity contribution in [1.82, 2.24) is 19.5 Å². The van der Waals surface area contributed by atoms with Gasteiger partial charge >= 0.3 is 12.1 Å². The Labute approximate surface area is 200 Å². The number of aliphatic hydroxyl groups is 1. The standard InChI is InChI=1S/C24H26F3N5O3/c1-3-35-21(33)16-4-7-23(34,8-5-16)20-13-32(14-29-20)18-11-15(2)10-17(12-18)30-22-28-9-6-19(31-22)24(25,26)27/h6,9-14,16,34H,3-5,7-8H2,1-2H3,(H,28,30,31)/t16-,23-. The van der Waals surface area contributed by atoms with E-state index in [-0.39, 0.29) is 17.8 Å². The zero-order chi connectivity index (χ0) is 25.2. The summed E-state index contributed by atoms with van der Waals surface area (Å²) in [6.45, 7) is 3.95. The van der Waals surface area contributed by atoms with Gasteiger partial charge in [-0.1, -0.05) is 0 Å². The summed E-state index contributed by atoms with van der Waals surface area (Å²) in [4.78, 5) is 23.8. The van der Waals surface area contributed by atoms with Gasteiger partial charge in [0.05, 0.1) is 24.5 Å². The minimum absolute atomic E-state index is 0.171. The third-order valence-corrected chi connectivity index (χ3v) is 6.05. The Hall–Kier alpha value is -3.47. The molecule has 2 N–H and O–H groups in total. The van der Waals surface area contributed by atoms with Gasteiger partial charge in [-0.25, -0.2) is 15.0 Å². The number of rotatable bonds is 6. The molecule has 0 bridgehead atoms. The Bertz CT molecular complexity index is 1200. The molecule has 0 saturated heterocycles. The highest BCUT2D eigenvalue weighted by molar-refractivity contribution is 5.72. The van der Waals surface area contributed by atoms with Crippen LogP contribution in [0.15, 0.2) is 43.0 Å². The predicted octanol–water partition coefficient (Wildman–Crippen LogP) is 4.67. The maximum atomic E-state index is 13.0. The number of hydrogen-bond donors (Lipinski definition) is 2. The molecule has 1 aliphatic rings. The van der Waals surface area contributed by atoms with E-state index in [2.05, 4.69) is 20.3 Å². The summed E-state index contributed by atoms with van der Waals surface area (Å²) in [7, 11) is 0. The molecule has 1 fully saturated rings. The van der Waals surface area contributed by atoms with Gasteiger partial charge in [0.1, 0.15) is 11.3 Å². The number of aryl methyl sites for hydroxylation is 1. The number of ether oxygens (including phenoxy) is 1. The van der Waals surface area contributed by atoms with Gasteiger partial charge in [-0.05, 0) is 69.4 Å². The van der Waals surface area contributed by atoms with Gasteiger partial charge < -0.3 is 19.7 Å². The van der Waals surface area contributed by atoms with Gasteiger partial charge in [0, 0.05) is 23.8 Å². The summed E-state index contributed by atoms with van der Waals surface area (Å²) < 4.78 is 45.7. The van der Waals surface area contributed by atoms with E-state index in [1.807, 2.05) is 13.0 Å². The number of nitrogens with zero attached hydrogens (tertiary/aromatic N) is 4. The van der Waals surface area contributed by atoms with Crippen LogP contribution in [0.1, 0.15) is 49.6 Å². The molecule has 1 saturated carbocycles. The van der Waals surface area contributed by atoms with Gasteiger partial charge in [-0.2, -0.15) is 13.2 Å². The first-order chi connectivity index (χ1) is 16.6. The van der Waals surface area contributed by atoms with Gasteiger partial charge in [-0.3, -0.25) is 4.79 Å². The number of nitrogens with one attached hydrogen (secondary N) is 1. The van der Waals surface area contributed by atoms with E-state index in [4.69, 9.17) is 4.74 Å². The first kappa shape index (κ1) is 24.6. The number of aromatic nitrogens is 4. The fraction of sp³-hybridized carbons (Fsp3) is 0.417. The molecular weight excluding hydrogens is 463 g/mol. The number of alkyl halides is 3. The molecule has 0 radical (unpaired) electrons. The van der Waals surface area contributed by atoms with Crippen LogP contribution in [0.2, 0.25) is 0 Å². The van der Waals surface area contributed by atoms with Crippen molar-refractivity contribution >= 4 is 17.6 Å². The Kier molecular flexibility index (Phi) is 6.79. The van der Waals surface area contributed by atoms with E-state index in [9.17, 15) is 23.1 Å². The first-order valence-corrected chi connectivity index (χ1v) is 11.3. The summed E-state index contributed by atoms with van der Waals surface area (Å²) >= 11 is 0. The molecule has 35 heavy (non-hydrogen) atoms. The summed E-state index contributed by atoms with van der Waals surface area (Å²) in [6.07, 6.45) is 1.58. The Morgan fingerprint density at radius 1 is 1.26 bits per heavy atom. The number of carbonyl (C=O) groups excluding carboxylic acids is 1.